The van der Waals surface area contributed by atoms with Gasteiger partial charge in [-0.3, -0.25) is 0 Å². The van der Waals surface area contributed by atoms with Crippen LogP contribution in [0, 0.1) is 0 Å². The number of hydrogen-bond donors (Lipinski definition) is 1. The Morgan fingerprint density at radius 2 is 1.95 bits per heavy atom. The summed E-state index contributed by atoms with van der Waals surface area (Å²) in [6.45, 7) is 11.5. The molecule has 0 heterocycles. The van der Waals surface area contributed by atoms with Crippen LogP contribution in [0.25, 0.3) is 0 Å². The molecule has 0 bridgehead atoms. The topological polar surface area (TPSA) is 30.5 Å². The number of methoxy groups -OCH3 is 1. The molecule has 3 nitrogen and oxygen atoms in total. The average Bonchev–Trinajstić information content (AvgIpc) is 2.42. The monoisotopic (exact) mass is 279 g/mol. The van der Waals surface area contributed by atoms with Gasteiger partial charge < -0.3 is 14.8 Å². The number of rotatable bonds is 7. The summed E-state index contributed by atoms with van der Waals surface area (Å²) in [5.41, 5.74) is 1.23. The Bertz CT molecular complexity index is 398. The van der Waals surface area contributed by atoms with Crippen LogP contribution < -0.4 is 10.1 Å². The van der Waals surface area contributed by atoms with Crippen molar-refractivity contribution in [1.29, 1.82) is 0 Å². The maximum atomic E-state index is 6.16. The molecule has 3 heteroatoms. The zero-order chi connectivity index (χ0) is 15.2. The molecule has 0 aliphatic carbocycles. The maximum Gasteiger partial charge on any atom is 0.119 e. The smallest absolute Gasteiger partial charge is 0.119 e. The minimum Gasteiger partial charge on any atom is -0.497 e. The van der Waals surface area contributed by atoms with E-state index in [4.69, 9.17) is 9.47 Å². The molecule has 2 atom stereocenters. The lowest BCUT2D eigenvalue weighted by Crippen LogP contribution is -2.39. The van der Waals surface area contributed by atoms with E-state index < -0.39 is 0 Å². The summed E-state index contributed by atoms with van der Waals surface area (Å²) in [6, 6.07) is 8.12. The highest BCUT2D eigenvalue weighted by Crippen LogP contribution is 2.24. The molecule has 1 N–H and O–H groups in total. The third-order valence-corrected chi connectivity index (χ3v) is 3.25. The van der Waals surface area contributed by atoms with Gasteiger partial charge in [-0.2, -0.15) is 0 Å². The summed E-state index contributed by atoms with van der Waals surface area (Å²) in [7, 11) is 1.69. The summed E-state index contributed by atoms with van der Waals surface area (Å²) in [5.74, 6) is 0.871. The van der Waals surface area contributed by atoms with E-state index in [1.54, 1.807) is 7.11 Å². The van der Waals surface area contributed by atoms with Crippen LogP contribution in [0.15, 0.2) is 24.3 Å². The van der Waals surface area contributed by atoms with Crippen molar-refractivity contribution in [2.24, 2.45) is 0 Å². The van der Waals surface area contributed by atoms with Gasteiger partial charge in [0.2, 0.25) is 0 Å². The second-order valence-corrected chi connectivity index (χ2v) is 6.25. The predicted octanol–water partition coefficient (Wildman–Crippen LogP) is 3.94. The lowest BCUT2D eigenvalue weighted by molar-refractivity contribution is -0.00738. The fraction of sp³-hybridized carbons (Fsp3) is 0.647. The van der Waals surface area contributed by atoms with Crippen molar-refractivity contribution >= 4 is 0 Å². The summed E-state index contributed by atoms with van der Waals surface area (Å²) in [4.78, 5) is 0. The van der Waals surface area contributed by atoms with Crippen molar-refractivity contribution < 1.29 is 9.47 Å². The molecule has 0 aliphatic rings. The minimum atomic E-state index is 0.0410. The van der Waals surface area contributed by atoms with E-state index in [2.05, 4.69) is 52.1 Å². The van der Waals surface area contributed by atoms with Crippen LogP contribution in [0.4, 0.5) is 0 Å². The molecule has 20 heavy (non-hydrogen) atoms. The lowest BCUT2D eigenvalue weighted by atomic mass is 10.1. The minimum absolute atomic E-state index is 0.0410. The van der Waals surface area contributed by atoms with Crippen molar-refractivity contribution in [1.82, 2.24) is 5.32 Å². The molecule has 2 unspecified atom stereocenters. The largest absolute Gasteiger partial charge is 0.497 e. The van der Waals surface area contributed by atoms with Gasteiger partial charge in [-0.15, -0.1) is 0 Å². The summed E-state index contributed by atoms with van der Waals surface area (Å²) in [6.07, 6.45) is 1.29. The Morgan fingerprint density at radius 3 is 2.50 bits per heavy atom. The van der Waals surface area contributed by atoms with Crippen molar-refractivity contribution in [2.75, 3.05) is 13.7 Å². The van der Waals surface area contributed by atoms with Crippen LogP contribution >= 0.6 is 0 Å². The van der Waals surface area contributed by atoms with Gasteiger partial charge in [0.1, 0.15) is 5.75 Å². The molecule has 1 rings (SSSR count). The van der Waals surface area contributed by atoms with Crippen molar-refractivity contribution in [3.63, 3.8) is 0 Å². The third-order valence-electron chi connectivity index (χ3n) is 3.25. The van der Waals surface area contributed by atoms with Gasteiger partial charge in [-0.1, -0.05) is 19.1 Å². The molecule has 0 radical (unpaired) electrons. The number of benzene rings is 1. The van der Waals surface area contributed by atoms with E-state index in [-0.39, 0.29) is 17.7 Å². The molecular weight excluding hydrogens is 250 g/mol. The first-order valence-corrected chi connectivity index (χ1v) is 7.40. The van der Waals surface area contributed by atoms with Gasteiger partial charge in [0, 0.05) is 12.1 Å². The Balaban J connectivity index is 2.84. The maximum absolute atomic E-state index is 6.16. The molecule has 0 aliphatic heterocycles. The Morgan fingerprint density at radius 1 is 1.25 bits per heavy atom. The first-order valence-electron chi connectivity index (χ1n) is 7.40. The van der Waals surface area contributed by atoms with Crippen LogP contribution in [-0.2, 0) is 4.74 Å². The highest BCUT2D eigenvalue weighted by atomic mass is 16.5. The average molecular weight is 279 g/mol. The van der Waals surface area contributed by atoms with Crippen LogP contribution in [0.2, 0.25) is 0 Å². The third kappa shape index (κ3) is 5.93. The van der Waals surface area contributed by atoms with Gasteiger partial charge in [-0.05, 0) is 51.8 Å². The fourth-order valence-corrected chi connectivity index (χ4v) is 1.86. The molecule has 0 spiro atoms. The van der Waals surface area contributed by atoms with Crippen LogP contribution in [-0.4, -0.2) is 25.3 Å². The summed E-state index contributed by atoms with van der Waals surface area (Å²) >= 11 is 0. The van der Waals surface area contributed by atoms with E-state index >= 15 is 0 Å². The van der Waals surface area contributed by atoms with Crippen LogP contribution in [0.5, 0.6) is 5.75 Å². The Labute approximate surface area is 123 Å². The lowest BCUT2D eigenvalue weighted by Gasteiger charge is -2.28. The Kier molecular flexibility index (Phi) is 6.50. The van der Waals surface area contributed by atoms with E-state index in [1.165, 1.54) is 0 Å². The van der Waals surface area contributed by atoms with Gasteiger partial charge >= 0.3 is 0 Å². The highest BCUT2D eigenvalue weighted by molar-refractivity contribution is 5.30. The molecule has 0 amide bonds. The van der Waals surface area contributed by atoms with E-state index in [1.807, 2.05) is 12.1 Å². The zero-order valence-electron chi connectivity index (χ0n) is 13.7. The van der Waals surface area contributed by atoms with E-state index in [0.717, 1.165) is 24.3 Å². The van der Waals surface area contributed by atoms with E-state index in [0.29, 0.717) is 0 Å². The van der Waals surface area contributed by atoms with Gasteiger partial charge in [0.05, 0.1) is 19.3 Å². The van der Waals surface area contributed by atoms with Gasteiger partial charge in [0.15, 0.2) is 0 Å². The molecule has 114 valence electrons. The fourth-order valence-electron chi connectivity index (χ4n) is 1.86. The molecule has 1 aromatic carbocycles. The quantitative estimate of drug-likeness (QED) is 0.820. The van der Waals surface area contributed by atoms with Gasteiger partial charge in [0.25, 0.3) is 0 Å². The van der Waals surface area contributed by atoms with Crippen molar-refractivity contribution in [3.8, 4) is 5.75 Å². The van der Waals surface area contributed by atoms with Gasteiger partial charge in [-0.25, -0.2) is 0 Å². The normalized spacial score (nSPS) is 14.9. The predicted molar refractivity (Wildman–Crippen MR) is 84.3 cm³/mol. The first-order chi connectivity index (χ1) is 9.35. The molecule has 1 aromatic rings. The van der Waals surface area contributed by atoms with Crippen molar-refractivity contribution in [3.05, 3.63) is 29.8 Å². The number of hydrogen-bond acceptors (Lipinski definition) is 3. The molecule has 0 saturated carbocycles. The molecule has 0 aromatic heterocycles. The standard InChI is InChI=1S/C17H29NO2/c1-7-13(2)20-16(12-18-17(3,4)5)14-9-8-10-15(11-14)19-6/h8-11,13,16,18H,7,12H2,1-6H3. The summed E-state index contributed by atoms with van der Waals surface area (Å²) in [5, 5.41) is 3.52. The number of nitrogens with one attached hydrogen (secondary N) is 1. The summed E-state index contributed by atoms with van der Waals surface area (Å²) < 4.78 is 11.5. The van der Waals surface area contributed by atoms with Crippen LogP contribution in [0.3, 0.4) is 0 Å². The number of ether oxygens (including phenoxy) is 2. The Hall–Kier alpha value is -1.06. The first kappa shape index (κ1) is 17.0. The molecule has 0 saturated heterocycles. The zero-order valence-corrected chi connectivity index (χ0v) is 13.7. The molecular formula is C17H29NO2. The van der Waals surface area contributed by atoms with Crippen LogP contribution in [0.1, 0.15) is 52.7 Å². The van der Waals surface area contributed by atoms with E-state index in [9.17, 15) is 0 Å². The SMILES string of the molecule is CCC(C)OC(CNC(C)(C)C)c1cccc(OC)c1. The second-order valence-electron chi connectivity index (χ2n) is 6.25. The van der Waals surface area contributed by atoms with Crippen molar-refractivity contribution in [2.45, 2.75) is 58.8 Å². The molecule has 0 fully saturated rings. The highest BCUT2D eigenvalue weighted by Gasteiger charge is 2.18. The second kappa shape index (κ2) is 7.65.